The standard InChI is InChI=1S/C12H18BrNO2/c1-9(2)8-15-7-5-14-10(3)12-11(13)4-6-16-12/h4,6,10,14H,1,5,7-8H2,2-3H3. The van der Waals surface area contributed by atoms with Crippen LogP contribution in [0.25, 0.3) is 0 Å². The second-order valence-corrected chi connectivity index (χ2v) is 4.67. The van der Waals surface area contributed by atoms with Crippen molar-refractivity contribution < 1.29 is 9.15 Å². The molecule has 1 unspecified atom stereocenters. The van der Waals surface area contributed by atoms with Gasteiger partial charge in [0, 0.05) is 6.54 Å². The van der Waals surface area contributed by atoms with Crippen LogP contribution < -0.4 is 5.32 Å². The third-order valence-electron chi connectivity index (χ3n) is 2.08. The van der Waals surface area contributed by atoms with E-state index in [-0.39, 0.29) is 6.04 Å². The average molecular weight is 288 g/mol. The van der Waals surface area contributed by atoms with Crippen LogP contribution in [0.15, 0.2) is 33.4 Å². The number of hydrogen-bond donors (Lipinski definition) is 1. The summed E-state index contributed by atoms with van der Waals surface area (Å²) in [4.78, 5) is 0. The van der Waals surface area contributed by atoms with Gasteiger partial charge < -0.3 is 14.5 Å². The summed E-state index contributed by atoms with van der Waals surface area (Å²) < 4.78 is 11.7. The molecule has 90 valence electrons. The quantitative estimate of drug-likeness (QED) is 0.617. The maximum atomic E-state index is 5.39. The van der Waals surface area contributed by atoms with Crippen molar-refractivity contribution in [2.45, 2.75) is 19.9 Å². The third kappa shape index (κ3) is 4.51. The van der Waals surface area contributed by atoms with Crippen LogP contribution in [0.4, 0.5) is 0 Å². The highest BCUT2D eigenvalue weighted by molar-refractivity contribution is 9.10. The van der Waals surface area contributed by atoms with Gasteiger partial charge in [-0.2, -0.15) is 0 Å². The molecule has 0 aliphatic rings. The van der Waals surface area contributed by atoms with Crippen LogP contribution >= 0.6 is 15.9 Å². The van der Waals surface area contributed by atoms with Gasteiger partial charge >= 0.3 is 0 Å². The lowest BCUT2D eigenvalue weighted by molar-refractivity contribution is 0.155. The van der Waals surface area contributed by atoms with Crippen LogP contribution in [-0.2, 0) is 4.74 Å². The minimum absolute atomic E-state index is 0.179. The van der Waals surface area contributed by atoms with Crippen molar-refractivity contribution in [3.63, 3.8) is 0 Å². The Morgan fingerprint density at radius 3 is 3.00 bits per heavy atom. The van der Waals surface area contributed by atoms with E-state index in [1.807, 2.05) is 13.0 Å². The maximum absolute atomic E-state index is 5.39. The highest BCUT2D eigenvalue weighted by atomic mass is 79.9. The van der Waals surface area contributed by atoms with E-state index in [9.17, 15) is 0 Å². The van der Waals surface area contributed by atoms with Crippen LogP contribution in [0.2, 0.25) is 0 Å². The lowest BCUT2D eigenvalue weighted by Gasteiger charge is -2.12. The summed E-state index contributed by atoms with van der Waals surface area (Å²) in [5.41, 5.74) is 1.04. The molecular weight excluding hydrogens is 270 g/mol. The van der Waals surface area contributed by atoms with Gasteiger partial charge in [-0.3, -0.25) is 0 Å². The zero-order valence-corrected chi connectivity index (χ0v) is 11.3. The topological polar surface area (TPSA) is 34.4 Å². The van der Waals surface area contributed by atoms with Gasteiger partial charge in [0.2, 0.25) is 0 Å². The summed E-state index contributed by atoms with van der Waals surface area (Å²) >= 11 is 3.43. The first-order chi connectivity index (χ1) is 7.61. The first-order valence-corrected chi connectivity index (χ1v) is 6.09. The van der Waals surface area contributed by atoms with Crippen LogP contribution in [0.1, 0.15) is 25.6 Å². The SMILES string of the molecule is C=C(C)COCCNC(C)c1occc1Br. The van der Waals surface area contributed by atoms with Crippen molar-refractivity contribution in [2.24, 2.45) is 0 Å². The van der Waals surface area contributed by atoms with Gasteiger partial charge in [-0.1, -0.05) is 12.2 Å². The molecule has 0 radical (unpaired) electrons. The van der Waals surface area contributed by atoms with Crippen molar-refractivity contribution >= 4 is 15.9 Å². The Morgan fingerprint density at radius 1 is 1.69 bits per heavy atom. The molecule has 0 bridgehead atoms. The Labute approximate surface area is 105 Å². The highest BCUT2D eigenvalue weighted by Crippen LogP contribution is 2.23. The Hall–Kier alpha value is -0.580. The molecule has 1 heterocycles. The highest BCUT2D eigenvalue weighted by Gasteiger charge is 2.11. The molecule has 0 aromatic carbocycles. The zero-order valence-electron chi connectivity index (χ0n) is 9.75. The van der Waals surface area contributed by atoms with Gasteiger partial charge in [-0.25, -0.2) is 0 Å². The summed E-state index contributed by atoms with van der Waals surface area (Å²) in [5.74, 6) is 0.917. The molecule has 4 heteroatoms. The smallest absolute Gasteiger partial charge is 0.134 e. The Morgan fingerprint density at radius 2 is 2.44 bits per heavy atom. The molecule has 1 N–H and O–H groups in total. The molecule has 1 atom stereocenters. The fourth-order valence-corrected chi connectivity index (χ4v) is 1.85. The number of furan rings is 1. The molecule has 0 aliphatic carbocycles. The zero-order chi connectivity index (χ0) is 12.0. The van der Waals surface area contributed by atoms with Gasteiger partial charge in [0.1, 0.15) is 5.76 Å². The first-order valence-electron chi connectivity index (χ1n) is 5.29. The second kappa shape index (κ2) is 6.89. The van der Waals surface area contributed by atoms with Gasteiger partial charge in [0.15, 0.2) is 0 Å². The summed E-state index contributed by atoms with van der Waals surface area (Å²) in [6.45, 7) is 9.88. The van der Waals surface area contributed by atoms with Crippen molar-refractivity contribution in [3.05, 3.63) is 34.7 Å². The minimum Gasteiger partial charge on any atom is -0.466 e. The van der Waals surface area contributed by atoms with Gasteiger partial charge in [-0.05, 0) is 35.8 Å². The van der Waals surface area contributed by atoms with Crippen LogP contribution in [0.3, 0.4) is 0 Å². The molecule has 16 heavy (non-hydrogen) atoms. The molecular formula is C12H18BrNO2. The van der Waals surface area contributed by atoms with E-state index in [1.165, 1.54) is 0 Å². The molecule has 0 spiro atoms. The first kappa shape index (κ1) is 13.5. The summed E-state index contributed by atoms with van der Waals surface area (Å²) in [7, 11) is 0. The summed E-state index contributed by atoms with van der Waals surface area (Å²) in [6, 6.07) is 2.07. The Balaban J connectivity index is 2.18. The van der Waals surface area contributed by atoms with Crippen LogP contribution in [0, 0.1) is 0 Å². The number of rotatable bonds is 7. The van der Waals surface area contributed by atoms with E-state index in [1.54, 1.807) is 6.26 Å². The molecule has 0 saturated carbocycles. The predicted octanol–water partition coefficient (Wildman–Crippen LogP) is 3.29. The summed E-state index contributed by atoms with van der Waals surface area (Å²) in [6.07, 6.45) is 1.68. The van der Waals surface area contributed by atoms with Crippen molar-refractivity contribution in [2.75, 3.05) is 19.8 Å². The molecule has 0 saturated heterocycles. The fraction of sp³-hybridized carbons (Fsp3) is 0.500. The summed E-state index contributed by atoms with van der Waals surface area (Å²) in [5, 5.41) is 3.32. The molecule has 1 aromatic heterocycles. The van der Waals surface area contributed by atoms with Crippen molar-refractivity contribution in [3.8, 4) is 0 Å². The number of ether oxygens (including phenoxy) is 1. The fourth-order valence-electron chi connectivity index (χ4n) is 1.30. The molecule has 1 aromatic rings. The van der Waals surface area contributed by atoms with E-state index in [0.29, 0.717) is 13.2 Å². The van der Waals surface area contributed by atoms with Crippen molar-refractivity contribution in [1.29, 1.82) is 0 Å². The van der Waals surface area contributed by atoms with E-state index in [4.69, 9.17) is 9.15 Å². The van der Waals surface area contributed by atoms with Gasteiger partial charge in [0.05, 0.1) is 30.0 Å². The number of nitrogens with one attached hydrogen (secondary N) is 1. The monoisotopic (exact) mass is 287 g/mol. The lowest BCUT2D eigenvalue weighted by atomic mass is 10.2. The van der Waals surface area contributed by atoms with E-state index in [0.717, 1.165) is 22.4 Å². The minimum atomic E-state index is 0.179. The number of hydrogen-bond acceptors (Lipinski definition) is 3. The number of halogens is 1. The Bertz CT molecular complexity index is 336. The average Bonchev–Trinajstić information content (AvgIpc) is 2.63. The molecule has 0 amide bonds. The van der Waals surface area contributed by atoms with Crippen LogP contribution in [0.5, 0.6) is 0 Å². The molecule has 0 fully saturated rings. The second-order valence-electron chi connectivity index (χ2n) is 3.82. The van der Waals surface area contributed by atoms with E-state index < -0.39 is 0 Å². The normalized spacial score (nSPS) is 12.7. The van der Waals surface area contributed by atoms with Crippen molar-refractivity contribution in [1.82, 2.24) is 5.32 Å². The van der Waals surface area contributed by atoms with Gasteiger partial charge in [0.25, 0.3) is 0 Å². The molecule has 1 rings (SSSR count). The Kier molecular flexibility index (Phi) is 5.80. The molecule has 0 aliphatic heterocycles. The third-order valence-corrected chi connectivity index (χ3v) is 2.74. The van der Waals surface area contributed by atoms with E-state index in [2.05, 4.69) is 34.7 Å². The maximum Gasteiger partial charge on any atom is 0.134 e. The van der Waals surface area contributed by atoms with Crippen LogP contribution in [-0.4, -0.2) is 19.8 Å². The lowest BCUT2D eigenvalue weighted by Crippen LogP contribution is -2.23. The van der Waals surface area contributed by atoms with E-state index >= 15 is 0 Å². The predicted molar refractivity (Wildman–Crippen MR) is 68.5 cm³/mol. The largest absolute Gasteiger partial charge is 0.466 e. The molecule has 3 nitrogen and oxygen atoms in total. The van der Waals surface area contributed by atoms with Gasteiger partial charge in [-0.15, -0.1) is 0 Å².